The Labute approximate surface area is 153 Å². The van der Waals surface area contributed by atoms with Gasteiger partial charge >= 0.3 is 5.97 Å². The summed E-state index contributed by atoms with van der Waals surface area (Å²) in [5.74, 6) is -2.60. The zero-order valence-electron chi connectivity index (χ0n) is 14.0. The summed E-state index contributed by atoms with van der Waals surface area (Å²) in [5, 5.41) is 5.28. The van der Waals surface area contributed by atoms with E-state index in [0.717, 1.165) is 0 Å². The second-order valence-corrected chi connectivity index (χ2v) is 5.54. The molecule has 0 aliphatic carbocycles. The van der Waals surface area contributed by atoms with Crippen LogP contribution in [0.4, 0.5) is 15.8 Å². The molecule has 27 heavy (non-hydrogen) atoms. The molecule has 0 radical (unpaired) electrons. The summed E-state index contributed by atoms with van der Waals surface area (Å²) < 4.78 is 22.9. The first-order valence-electron chi connectivity index (χ1n) is 7.98. The number of rotatable bonds is 6. The topological polar surface area (TPSA) is 93.7 Å². The van der Waals surface area contributed by atoms with Crippen molar-refractivity contribution in [2.75, 3.05) is 23.8 Å². The average Bonchev–Trinajstić information content (AvgIpc) is 3.03. The van der Waals surface area contributed by atoms with Gasteiger partial charge in [0.2, 0.25) is 11.7 Å². The number of hydrogen-bond donors (Lipinski definition) is 2. The van der Waals surface area contributed by atoms with Gasteiger partial charge in [0.1, 0.15) is 5.82 Å². The number of ether oxygens (including phenoxy) is 2. The fraction of sp³-hybridized carbons (Fsp3) is 0.105. The van der Waals surface area contributed by atoms with Crippen molar-refractivity contribution in [3.63, 3.8) is 0 Å². The smallest absolute Gasteiger partial charge is 0.347 e. The minimum Gasteiger partial charge on any atom is -0.470 e. The molecule has 1 aliphatic rings. The Balaban J connectivity index is 1.61. The SMILES string of the molecule is O=C(COC(=O)C1=C(Nc2ccccc2)OCC1=O)Nc1ccc(F)cc1. The zero-order chi connectivity index (χ0) is 19.2. The Hall–Kier alpha value is -3.68. The lowest BCUT2D eigenvalue weighted by Crippen LogP contribution is -2.24. The summed E-state index contributed by atoms with van der Waals surface area (Å²) in [7, 11) is 0. The Kier molecular flexibility index (Phi) is 5.46. The second-order valence-electron chi connectivity index (χ2n) is 5.54. The second kappa shape index (κ2) is 8.13. The highest BCUT2D eigenvalue weighted by molar-refractivity contribution is 6.20. The van der Waals surface area contributed by atoms with Crippen LogP contribution in [-0.4, -0.2) is 30.9 Å². The maximum Gasteiger partial charge on any atom is 0.347 e. The number of para-hydroxylation sites is 1. The molecule has 8 heteroatoms. The molecule has 0 bridgehead atoms. The molecule has 0 aromatic heterocycles. The summed E-state index contributed by atoms with van der Waals surface area (Å²) in [6.45, 7) is -0.896. The molecule has 1 heterocycles. The summed E-state index contributed by atoms with van der Waals surface area (Å²) >= 11 is 0. The van der Waals surface area contributed by atoms with Gasteiger partial charge in [-0.05, 0) is 36.4 Å². The number of halogens is 1. The number of ketones is 1. The standard InChI is InChI=1S/C19H15FN2O5/c20-12-6-8-14(9-7-12)21-16(24)11-27-19(25)17-15(23)10-26-18(17)22-13-4-2-1-3-5-13/h1-9,22H,10-11H2,(H,21,24). The number of nitrogens with one attached hydrogen (secondary N) is 2. The minimum atomic E-state index is -0.967. The highest BCUT2D eigenvalue weighted by Crippen LogP contribution is 2.20. The van der Waals surface area contributed by atoms with Gasteiger partial charge in [-0.1, -0.05) is 18.2 Å². The predicted octanol–water partition coefficient (Wildman–Crippen LogP) is 2.23. The molecule has 0 unspecified atom stereocenters. The van der Waals surface area contributed by atoms with Crippen LogP contribution >= 0.6 is 0 Å². The Bertz CT molecular complexity index is 894. The molecule has 0 fully saturated rings. The van der Waals surface area contributed by atoms with Crippen LogP contribution in [0.2, 0.25) is 0 Å². The number of carbonyl (C=O) groups excluding carboxylic acids is 3. The lowest BCUT2D eigenvalue weighted by molar-refractivity contribution is -0.144. The number of benzene rings is 2. The van der Waals surface area contributed by atoms with Crippen molar-refractivity contribution < 1.29 is 28.2 Å². The van der Waals surface area contributed by atoms with Gasteiger partial charge < -0.3 is 20.1 Å². The van der Waals surface area contributed by atoms with Crippen LogP contribution in [-0.2, 0) is 23.9 Å². The molecule has 1 amide bonds. The fourth-order valence-corrected chi connectivity index (χ4v) is 2.30. The van der Waals surface area contributed by atoms with Crippen molar-refractivity contribution >= 4 is 29.0 Å². The number of Topliss-reactive ketones (excluding diaryl/α,β-unsaturated/α-hetero) is 1. The van der Waals surface area contributed by atoms with E-state index >= 15 is 0 Å². The molecular formula is C19H15FN2O5. The minimum absolute atomic E-state index is 0.0184. The van der Waals surface area contributed by atoms with Gasteiger partial charge in [0.15, 0.2) is 18.8 Å². The van der Waals surface area contributed by atoms with Crippen LogP contribution in [0.3, 0.4) is 0 Å². The quantitative estimate of drug-likeness (QED) is 0.598. The third-order valence-electron chi connectivity index (χ3n) is 3.55. The number of amides is 1. The number of anilines is 2. The van der Waals surface area contributed by atoms with Gasteiger partial charge in [0.05, 0.1) is 0 Å². The van der Waals surface area contributed by atoms with E-state index in [0.29, 0.717) is 11.4 Å². The van der Waals surface area contributed by atoms with Crippen molar-refractivity contribution in [1.29, 1.82) is 0 Å². The first kappa shape index (κ1) is 18.1. The van der Waals surface area contributed by atoms with E-state index in [-0.39, 0.29) is 18.1 Å². The molecule has 2 aromatic rings. The van der Waals surface area contributed by atoms with Crippen molar-refractivity contribution in [2.24, 2.45) is 0 Å². The summed E-state index contributed by atoms with van der Waals surface area (Å²) in [4.78, 5) is 36.0. The molecule has 0 spiro atoms. The van der Waals surface area contributed by atoms with Crippen LogP contribution in [0, 0.1) is 5.82 Å². The van der Waals surface area contributed by atoms with Crippen molar-refractivity contribution in [3.8, 4) is 0 Å². The molecule has 0 saturated heterocycles. The van der Waals surface area contributed by atoms with Crippen LogP contribution < -0.4 is 10.6 Å². The average molecular weight is 370 g/mol. The maximum atomic E-state index is 12.8. The van der Waals surface area contributed by atoms with E-state index in [1.807, 2.05) is 6.07 Å². The maximum absolute atomic E-state index is 12.8. The number of hydrogen-bond acceptors (Lipinski definition) is 6. The fourth-order valence-electron chi connectivity index (χ4n) is 2.30. The van der Waals surface area contributed by atoms with E-state index in [1.165, 1.54) is 24.3 Å². The first-order chi connectivity index (χ1) is 13.0. The highest BCUT2D eigenvalue weighted by atomic mass is 19.1. The van der Waals surface area contributed by atoms with Gasteiger partial charge in [-0.15, -0.1) is 0 Å². The monoisotopic (exact) mass is 370 g/mol. The third-order valence-corrected chi connectivity index (χ3v) is 3.55. The van der Waals surface area contributed by atoms with E-state index in [1.54, 1.807) is 24.3 Å². The summed E-state index contributed by atoms with van der Waals surface area (Å²) in [6.07, 6.45) is 0. The van der Waals surface area contributed by atoms with E-state index < -0.39 is 30.1 Å². The van der Waals surface area contributed by atoms with Gasteiger partial charge in [-0.3, -0.25) is 9.59 Å². The van der Waals surface area contributed by atoms with E-state index in [2.05, 4.69) is 10.6 Å². The van der Waals surface area contributed by atoms with Crippen molar-refractivity contribution in [1.82, 2.24) is 0 Å². The normalized spacial score (nSPS) is 13.1. The summed E-state index contributed by atoms with van der Waals surface area (Å²) in [6, 6.07) is 13.9. The van der Waals surface area contributed by atoms with E-state index in [9.17, 15) is 18.8 Å². The Morgan fingerprint density at radius 2 is 1.74 bits per heavy atom. The molecule has 2 N–H and O–H groups in total. The van der Waals surface area contributed by atoms with Gasteiger partial charge in [-0.25, -0.2) is 9.18 Å². The highest BCUT2D eigenvalue weighted by Gasteiger charge is 2.32. The van der Waals surface area contributed by atoms with Crippen LogP contribution in [0.15, 0.2) is 66.1 Å². The molecule has 138 valence electrons. The Morgan fingerprint density at radius 3 is 2.44 bits per heavy atom. The molecule has 1 aliphatic heterocycles. The predicted molar refractivity (Wildman–Crippen MR) is 94.0 cm³/mol. The van der Waals surface area contributed by atoms with Gasteiger partial charge in [-0.2, -0.15) is 0 Å². The molecular weight excluding hydrogens is 355 g/mol. The third kappa shape index (κ3) is 4.69. The van der Waals surface area contributed by atoms with Gasteiger partial charge in [0, 0.05) is 11.4 Å². The number of esters is 1. The lowest BCUT2D eigenvalue weighted by atomic mass is 10.2. The van der Waals surface area contributed by atoms with Crippen LogP contribution in [0.25, 0.3) is 0 Å². The molecule has 7 nitrogen and oxygen atoms in total. The van der Waals surface area contributed by atoms with E-state index in [4.69, 9.17) is 9.47 Å². The zero-order valence-corrected chi connectivity index (χ0v) is 14.0. The van der Waals surface area contributed by atoms with Crippen LogP contribution in [0.5, 0.6) is 0 Å². The van der Waals surface area contributed by atoms with Gasteiger partial charge in [0.25, 0.3) is 5.91 Å². The first-order valence-corrected chi connectivity index (χ1v) is 7.98. The summed E-state index contributed by atoms with van der Waals surface area (Å²) in [5.41, 5.74) is 0.693. The molecule has 2 aromatic carbocycles. The Morgan fingerprint density at radius 1 is 1.04 bits per heavy atom. The van der Waals surface area contributed by atoms with Crippen molar-refractivity contribution in [2.45, 2.75) is 0 Å². The molecule has 0 atom stereocenters. The largest absolute Gasteiger partial charge is 0.470 e. The molecule has 0 saturated carbocycles. The number of carbonyl (C=O) groups is 3. The molecule has 3 rings (SSSR count). The lowest BCUT2D eigenvalue weighted by Gasteiger charge is -2.09. The van der Waals surface area contributed by atoms with Crippen LogP contribution in [0.1, 0.15) is 0 Å². The van der Waals surface area contributed by atoms with Crippen molar-refractivity contribution in [3.05, 3.63) is 71.9 Å².